The molecule has 0 N–H and O–H groups in total. The number of hydrogen-bond acceptors (Lipinski definition) is 5. The lowest BCUT2D eigenvalue weighted by molar-refractivity contribution is 0.0369. The normalized spacial score (nSPS) is 20.4. The number of nitrogens with zero attached hydrogens (tertiary/aromatic N) is 4. The Kier molecular flexibility index (Phi) is 4.33. The van der Waals surface area contributed by atoms with E-state index in [1.165, 1.54) is 12.8 Å². The Labute approximate surface area is 146 Å². The highest BCUT2D eigenvalue weighted by Gasteiger charge is 2.32. The van der Waals surface area contributed by atoms with Crippen molar-refractivity contribution in [2.24, 2.45) is 5.92 Å². The van der Waals surface area contributed by atoms with Gasteiger partial charge in [-0.3, -0.25) is 4.79 Å². The van der Waals surface area contributed by atoms with Crippen molar-refractivity contribution in [1.29, 1.82) is 0 Å². The topological polar surface area (TPSA) is 73.4 Å². The van der Waals surface area contributed by atoms with Gasteiger partial charge in [-0.15, -0.1) is 0 Å². The molecule has 0 radical (unpaired) electrons. The molecule has 4 rings (SSSR count). The highest BCUT2D eigenvalue weighted by atomic mass is 16.5. The van der Waals surface area contributed by atoms with E-state index in [1.807, 2.05) is 24.3 Å². The molecule has 7 heteroatoms. The van der Waals surface area contributed by atoms with Crippen LogP contribution in [0.1, 0.15) is 46.8 Å². The van der Waals surface area contributed by atoms with Crippen LogP contribution in [0.25, 0.3) is 0 Å². The first-order chi connectivity index (χ1) is 12.1. The minimum absolute atomic E-state index is 0.0362. The van der Waals surface area contributed by atoms with E-state index in [4.69, 9.17) is 9.26 Å². The monoisotopic (exact) mass is 344 g/mol. The van der Waals surface area contributed by atoms with Crippen LogP contribution < -0.4 is 0 Å². The lowest BCUT2D eigenvalue weighted by Gasteiger charge is -2.29. The molecule has 0 spiro atoms. The van der Waals surface area contributed by atoms with Crippen molar-refractivity contribution in [3.05, 3.63) is 35.2 Å². The van der Waals surface area contributed by atoms with Gasteiger partial charge in [-0.05, 0) is 39.0 Å². The van der Waals surface area contributed by atoms with Crippen LogP contribution in [0.15, 0.2) is 17.0 Å². The van der Waals surface area contributed by atoms with Crippen LogP contribution in [-0.4, -0.2) is 44.8 Å². The van der Waals surface area contributed by atoms with Gasteiger partial charge < -0.3 is 18.7 Å². The smallest absolute Gasteiger partial charge is 0.260 e. The fraction of sp³-hybridized carbons (Fsp3) is 0.611. The number of carbonyl (C=O) groups is 1. The molecule has 1 aliphatic heterocycles. The van der Waals surface area contributed by atoms with E-state index >= 15 is 0 Å². The Morgan fingerprint density at radius 3 is 2.88 bits per heavy atom. The third-order valence-electron chi connectivity index (χ3n) is 5.14. The third kappa shape index (κ3) is 3.33. The molecule has 1 aliphatic carbocycles. The van der Waals surface area contributed by atoms with Gasteiger partial charge in [0.15, 0.2) is 0 Å². The summed E-state index contributed by atoms with van der Waals surface area (Å²) < 4.78 is 13.3. The lowest BCUT2D eigenvalue weighted by Crippen LogP contribution is -2.42. The average molecular weight is 344 g/mol. The number of rotatable bonds is 5. The molecule has 0 aromatic carbocycles. The number of imidazole rings is 1. The summed E-state index contributed by atoms with van der Waals surface area (Å²) in [5, 5.41) is 3.94. The van der Waals surface area contributed by atoms with Crippen molar-refractivity contribution in [1.82, 2.24) is 19.6 Å². The molecule has 0 saturated heterocycles. The summed E-state index contributed by atoms with van der Waals surface area (Å²) in [4.78, 5) is 19.4. The van der Waals surface area contributed by atoms with Crippen molar-refractivity contribution in [3.8, 4) is 0 Å². The van der Waals surface area contributed by atoms with Crippen molar-refractivity contribution in [2.75, 3.05) is 13.2 Å². The molecule has 1 amide bonds. The largest absolute Gasteiger partial charge is 0.379 e. The number of ether oxygens (including phenoxy) is 1. The summed E-state index contributed by atoms with van der Waals surface area (Å²) in [5.41, 5.74) is 2.25. The van der Waals surface area contributed by atoms with E-state index in [1.54, 1.807) is 6.92 Å². The summed E-state index contributed by atoms with van der Waals surface area (Å²) in [7, 11) is 0. The number of fused-ring (bicyclic) bond motifs is 1. The standard InChI is InChI=1S/C18H24N4O3/c1-12-17(13(2)25-20-12)18(23)22-8-16-7-19-11-21(16)6-5-15(22)10-24-9-14-3-4-14/h7,11,14-15H,3-6,8-10H2,1-2H3. The molecule has 7 nitrogen and oxygen atoms in total. The second kappa shape index (κ2) is 6.63. The van der Waals surface area contributed by atoms with E-state index in [2.05, 4.69) is 14.7 Å². The minimum atomic E-state index is -0.0362. The van der Waals surface area contributed by atoms with E-state index in [0.29, 0.717) is 30.2 Å². The fourth-order valence-electron chi connectivity index (χ4n) is 3.43. The Bertz CT molecular complexity index is 743. The Balaban J connectivity index is 1.57. The third-order valence-corrected chi connectivity index (χ3v) is 5.14. The minimum Gasteiger partial charge on any atom is -0.379 e. The van der Waals surface area contributed by atoms with E-state index in [9.17, 15) is 4.79 Å². The van der Waals surface area contributed by atoms with Crippen molar-refractivity contribution in [2.45, 2.75) is 52.2 Å². The first-order valence-electron chi connectivity index (χ1n) is 8.94. The maximum Gasteiger partial charge on any atom is 0.260 e. The molecule has 134 valence electrons. The number of aryl methyl sites for hydroxylation is 3. The molecule has 0 bridgehead atoms. The summed E-state index contributed by atoms with van der Waals surface area (Å²) in [5.74, 6) is 1.25. The van der Waals surface area contributed by atoms with Crippen LogP contribution in [0.5, 0.6) is 0 Å². The summed E-state index contributed by atoms with van der Waals surface area (Å²) >= 11 is 0. The fourth-order valence-corrected chi connectivity index (χ4v) is 3.43. The summed E-state index contributed by atoms with van der Waals surface area (Å²) in [6, 6.07) is 0.0415. The van der Waals surface area contributed by atoms with Crippen LogP contribution in [0, 0.1) is 19.8 Å². The van der Waals surface area contributed by atoms with Gasteiger partial charge in [0.05, 0.1) is 36.9 Å². The second-order valence-electron chi connectivity index (χ2n) is 7.13. The van der Waals surface area contributed by atoms with Gasteiger partial charge in [-0.25, -0.2) is 4.98 Å². The number of carbonyl (C=O) groups excluding carboxylic acids is 1. The van der Waals surface area contributed by atoms with Crippen LogP contribution in [0.4, 0.5) is 0 Å². The zero-order valence-corrected chi connectivity index (χ0v) is 14.8. The summed E-state index contributed by atoms with van der Waals surface area (Å²) in [6.45, 7) is 6.35. The zero-order valence-electron chi connectivity index (χ0n) is 14.8. The Morgan fingerprint density at radius 1 is 1.32 bits per heavy atom. The molecular weight excluding hydrogens is 320 g/mol. The van der Waals surface area contributed by atoms with Crippen LogP contribution in [0.2, 0.25) is 0 Å². The van der Waals surface area contributed by atoms with Crippen molar-refractivity contribution in [3.63, 3.8) is 0 Å². The Morgan fingerprint density at radius 2 is 2.16 bits per heavy atom. The SMILES string of the molecule is Cc1noc(C)c1C(=O)N1Cc2cncn2CCC1COCC1CC1. The van der Waals surface area contributed by atoms with Crippen molar-refractivity contribution >= 4 is 5.91 Å². The van der Waals surface area contributed by atoms with E-state index < -0.39 is 0 Å². The average Bonchev–Trinajstić information content (AvgIpc) is 3.26. The van der Waals surface area contributed by atoms with Crippen molar-refractivity contribution < 1.29 is 14.1 Å². The first-order valence-corrected chi connectivity index (χ1v) is 8.94. The van der Waals surface area contributed by atoms with Gasteiger partial charge in [0.25, 0.3) is 5.91 Å². The lowest BCUT2D eigenvalue weighted by atomic mass is 10.1. The highest BCUT2D eigenvalue weighted by molar-refractivity contribution is 5.96. The molecule has 2 aromatic heterocycles. The molecule has 1 unspecified atom stereocenters. The van der Waals surface area contributed by atoms with Gasteiger partial charge in [-0.1, -0.05) is 5.16 Å². The predicted molar refractivity (Wildman–Crippen MR) is 90.0 cm³/mol. The van der Waals surface area contributed by atoms with Crippen LogP contribution >= 0.6 is 0 Å². The number of aromatic nitrogens is 3. The molecule has 2 aliphatic rings. The van der Waals surface area contributed by atoms with Gasteiger partial charge in [0.2, 0.25) is 0 Å². The number of amides is 1. The molecule has 1 saturated carbocycles. The van der Waals surface area contributed by atoms with Gasteiger partial charge in [0.1, 0.15) is 11.3 Å². The molecule has 1 fully saturated rings. The van der Waals surface area contributed by atoms with Gasteiger partial charge in [-0.2, -0.15) is 0 Å². The van der Waals surface area contributed by atoms with Crippen LogP contribution in [-0.2, 0) is 17.8 Å². The van der Waals surface area contributed by atoms with Gasteiger partial charge in [0, 0.05) is 19.3 Å². The Hall–Kier alpha value is -2.15. The molecule has 1 atom stereocenters. The molecule has 3 heterocycles. The number of hydrogen-bond donors (Lipinski definition) is 0. The predicted octanol–water partition coefficient (Wildman–Crippen LogP) is 2.33. The van der Waals surface area contributed by atoms with Crippen LogP contribution in [0.3, 0.4) is 0 Å². The zero-order chi connectivity index (χ0) is 17.4. The summed E-state index contributed by atoms with van der Waals surface area (Å²) in [6.07, 6.45) is 7.05. The highest BCUT2D eigenvalue weighted by Crippen LogP contribution is 2.29. The molecule has 2 aromatic rings. The second-order valence-corrected chi connectivity index (χ2v) is 7.13. The maximum absolute atomic E-state index is 13.2. The van der Waals surface area contributed by atoms with E-state index in [-0.39, 0.29) is 11.9 Å². The van der Waals surface area contributed by atoms with E-state index in [0.717, 1.165) is 31.2 Å². The quantitative estimate of drug-likeness (QED) is 0.832. The maximum atomic E-state index is 13.2. The first kappa shape index (κ1) is 16.3. The molecule has 25 heavy (non-hydrogen) atoms. The molecular formula is C18H24N4O3. The van der Waals surface area contributed by atoms with Gasteiger partial charge >= 0.3 is 0 Å².